The third-order valence-corrected chi connectivity index (χ3v) is 5.05. The minimum Gasteiger partial charge on any atom is -0.497 e. The largest absolute Gasteiger partial charge is 0.497 e. The molecule has 0 bridgehead atoms. The van der Waals surface area contributed by atoms with E-state index in [0.29, 0.717) is 18.1 Å². The van der Waals surface area contributed by atoms with Crippen LogP contribution in [0.3, 0.4) is 0 Å². The molecule has 2 aromatic rings. The maximum absolute atomic E-state index is 12.7. The van der Waals surface area contributed by atoms with Crippen LogP contribution in [-0.4, -0.2) is 41.8 Å². The van der Waals surface area contributed by atoms with Gasteiger partial charge in [0, 0.05) is 6.07 Å². The number of nitrogens with one attached hydrogen (secondary N) is 1. The number of carbonyl (C=O) groups excluding carboxylic acids is 1. The highest BCUT2D eigenvalue weighted by Gasteiger charge is 2.27. The monoisotopic (exact) mass is 379 g/mol. The number of fused-ring (bicyclic) bond motifs is 1. The lowest BCUT2D eigenvalue weighted by atomic mass is 10.1. The van der Waals surface area contributed by atoms with Crippen LogP contribution < -0.4 is 23.7 Å². The fourth-order valence-corrected chi connectivity index (χ4v) is 3.63. The molecular formula is C17H17NO7S. The Hall–Kier alpha value is -2.94. The molecule has 1 N–H and O–H groups in total. The molecule has 0 unspecified atom stereocenters. The zero-order valence-electron chi connectivity index (χ0n) is 14.1. The van der Waals surface area contributed by atoms with Crippen molar-refractivity contribution in [1.29, 1.82) is 0 Å². The van der Waals surface area contributed by atoms with E-state index in [-0.39, 0.29) is 28.6 Å². The highest BCUT2D eigenvalue weighted by molar-refractivity contribution is 7.90. The van der Waals surface area contributed by atoms with E-state index >= 15 is 0 Å². The van der Waals surface area contributed by atoms with Crippen LogP contribution in [0.1, 0.15) is 10.4 Å². The number of sulfonamides is 1. The quantitative estimate of drug-likeness (QED) is 0.842. The first kappa shape index (κ1) is 17.9. The van der Waals surface area contributed by atoms with Gasteiger partial charge < -0.3 is 18.9 Å². The Morgan fingerprint density at radius 1 is 1.08 bits per heavy atom. The van der Waals surface area contributed by atoms with E-state index in [4.69, 9.17) is 18.9 Å². The standard InChI is InChI=1S/C17H17NO7S/c1-22-11-6-7-13(23-2)15(10-11)26(20,21)18-17(19)12-4-3-5-14-16(12)25-9-8-24-14/h3-7,10H,8-9H2,1-2H3,(H,18,19). The Morgan fingerprint density at radius 3 is 2.58 bits per heavy atom. The summed E-state index contributed by atoms with van der Waals surface area (Å²) in [7, 11) is -1.47. The number of benzene rings is 2. The van der Waals surface area contributed by atoms with Crippen molar-refractivity contribution < 1.29 is 32.2 Å². The first-order valence-corrected chi connectivity index (χ1v) is 9.12. The van der Waals surface area contributed by atoms with E-state index in [1.807, 2.05) is 4.72 Å². The van der Waals surface area contributed by atoms with Crippen LogP contribution in [0, 0.1) is 0 Å². The molecule has 0 atom stereocenters. The molecule has 0 saturated heterocycles. The molecule has 0 spiro atoms. The van der Waals surface area contributed by atoms with Crippen LogP contribution in [-0.2, 0) is 10.0 Å². The summed E-state index contributed by atoms with van der Waals surface area (Å²) >= 11 is 0. The number of carbonyl (C=O) groups is 1. The van der Waals surface area contributed by atoms with Crippen molar-refractivity contribution in [3.63, 3.8) is 0 Å². The van der Waals surface area contributed by atoms with E-state index in [1.165, 1.54) is 32.4 Å². The lowest BCUT2D eigenvalue weighted by Crippen LogP contribution is -2.31. The Labute approximate surface area is 150 Å². The third kappa shape index (κ3) is 3.38. The summed E-state index contributed by atoms with van der Waals surface area (Å²) in [6.45, 7) is 0.630. The number of methoxy groups -OCH3 is 2. The molecule has 0 aliphatic carbocycles. The molecule has 0 fully saturated rings. The highest BCUT2D eigenvalue weighted by Crippen LogP contribution is 2.34. The highest BCUT2D eigenvalue weighted by atomic mass is 32.2. The fourth-order valence-electron chi connectivity index (χ4n) is 2.48. The minimum absolute atomic E-state index is 0.0626. The average molecular weight is 379 g/mol. The maximum Gasteiger partial charge on any atom is 0.268 e. The van der Waals surface area contributed by atoms with Crippen molar-refractivity contribution in [2.45, 2.75) is 4.90 Å². The van der Waals surface area contributed by atoms with E-state index in [9.17, 15) is 13.2 Å². The summed E-state index contributed by atoms with van der Waals surface area (Å²) in [5.41, 5.74) is 0.0626. The summed E-state index contributed by atoms with van der Waals surface area (Å²) in [6.07, 6.45) is 0. The van der Waals surface area contributed by atoms with Gasteiger partial charge in [0.2, 0.25) is 0 Å². The maximum atomic E-state index is 12.7. The zero-order valence-corrected chi connectivity index (χ0v) is 15.0. The van der Waals surface area contributed by atoms with E-state index < -0.39 is 15.9 Å². The molecule has 138 valence electrons. The number of ether oxygens (including phenoxy) is 4. The second-order valence-electron chi connectivity index (χ2n) is 5.28. The Kier molecular flexibility index (Phi) is 4.90. The topological polar surface area (TPSA) is 100 Å². The third-order valence-electron chi connectivity index (χ3n) is 3.70. The van der Waals surface area contributed by atoms with E-state index in [0.717, 1.165) is 0 Å². The van der Waals surface area contributed by atoms with Gasteiger partial charge in [0.25, 0.3) is 15.9 Å². The van der Waals surface area contributed by atoms with Gasteiger partial charge in [-0.3, -0.25) is 4.79 Å². The van der Waals surface area contributed by atoms with Crippen LogP contribution >= 0.6 is 0 Å². The number of para-hydroxylation sites is 1. The van der Waals surface area contributed by atoms with Crippen molar-refractivity contribution >= 4 is 15.9 Å². The van der Waals surface area contributed by atoms with Crippen LogP contribution in [0.15, 0.2) is 41.3 Å². The summed E-state index contributed by atoms with van der Waals surface area (Å²) in [5.74, 6) is 0.162. The van der Waals surface area contributed by atoms with Crippen molar-refractivity contribution in [3.05, 3.63) is 42.0 Å². The van der Waals surface area contributed by atoms with Gasteiger partial charge in [0.1, 0.15) is 29.6 Å². The molecule has 0 aromatic heterocycles. The molecule has 1 aliphatic rings. The van der Waals surface area contributed by atoms with Gasteiger partial charge in [-0.25, -0.2) is 13.1 Å². The molecule has 2 aromatic carbocycles. The first-order chi connectivity index (χ1) is 12.5. The number of hydrogen-bond acceptors (Lipinski definition) is 7. The summed E-state index contributed by atoms with van der Waals surface area (Å²) in [5, 5.41) is 0. The summed E-state index contributed by atoms with van der Waals surface area (Å²) < 4.78 is 48.4. The van der Waals surface area contributed by atoms with Gasteiger partial charge in [-0.1, -0.05) is 6.07 Å². The summed E-state index contributed by atoms with van der Waals surface area (Å²) in [4.78, 5) is 12.3. The average Bonchev–Trinajstić information content (AvgIpc) is 2.66. The molecule has 9 heteroatoms. The molecule has 0 saturated carbocycles. The second-order valence-corrected chi connectivity index (χ2v) is 6.93. The molecule has 3 rings (SSSR count). The van der Waals surface area contributed by atoms with Gasteiger partial charge in [0.15, 0.2) is 11.5 Å². The lowest BCUT2D eigenvalue weighted by Gasteiger charge is -2.20. The van der Waals surface area contributed by atoms with E-state index in [1.54, 1.807) is 18.2 Å². The Balaban J connectivity index is 1.95. The molecule has 8 nitrogen and oxygen atoms in total. The van der Waals surface area contributed by atoms with Crippen LogP contribution in [0.5, 0.6) is 23.0 Å². The fraction of sp³-hybridized carbons (Fsp3) is 0.235. The summed E-state index contributed by atoms with van der Waals surface area (Å²) in [6, 6.07) is 8.96. The predicted octanol–water partition coefficient (Wildman–Crippen LogP) is 1.59. The Morgan fingerprint density at radius 2 is 1.85 bits per heavy atom. The van der Waals surface area contributed by atoms with Crippen molar-refractivity contribution in [3.8, 4) is 23.0 Å². The zero-order chi connectivity index (χ0) is 18.7. The number of rotatable bonds is 5. The van der Waals surface area contributed by atoms with Crippen molar-refractivity contribution in [2.24, 2.45) is 0 Å². The van der Waals surface area contributed by atoms with E-state index in [2.05, 4.69) is 0 Å². The van der Waals surface area contributed by atoms with Crippen molar-refractivity contribution in [1.82, 2.24) is 4.72 Å². The second kappa shape index (κ2) is 7.12. The smallest absolute Gasteiger partial charge is 0.268 e. The molecule has 1 aliphatic heterocycles. The Bertz CT molecular complexity index is 940. The molecule has 0 radical (unpaired) electrons. The van der Waals surface area contributed by atoms with Gasteiger partial charge in [-0.2, -0.15) is 0 Å². The SMILES string of the molecule is COc1ccc(OC)c(S(=O)(=O)NC(=O)c2cccc3c2OCCO3)c1. The van der Waals surface area contributed by atoms with Crippen LogP contribution in [0.25, 0.3) is 0 Å². The molecule has 26 heavy (non-hydrogen) atoms. The molecule has 1 heterocycles. The number of amides is 1. The van der Waals surface area contributed by atoms with Gasteiger partial charge in [-0.15, -0.1) is 0 Å². The number of hydrogen-bond donors (Lipinski definition) is 1. The molecular weight excluding hydrogens is 362 g/mol. The molecule has 1 amide bonds. The van der Waals surface area contributed by atoms with Gasteiger partial charge in [0.05, 0.1) is 19.8 Å². The van der Waals surface area contributed by atoms with Gasteiger partial charge in [-0.05, 0) is 24.3 Å². The van der Waals surface area contributed by atoms with Crippen molar-refractivity contribution in [2.75, 3.05) is 27.4 Å². The predicted molar refractivity (Wildman–Crippen MR) is 91.6 cm³/mol. The van der Waals surface area contributed by atoms with Crippen LogP contribution in [0.2, 0.25) is 0 Å². The lowest BCUT2D eigenvalue weighted by molar-refractivity contribution is 0.0970. The van der Waals surface area contributed by atoms with Crippen LogP contribution in [0.4, 0.5) is 0 Å². The first-order valence-electron chi connectivity index (χ1n) is 7.64. The minimum atomic E-state index is -4.21. The van der Waals surface area contributed by atoms with Gasteiger partial charge >= 0.3 is 0 Å². The normalized spacial score (nSPS) is 13.0.